The Labute approximate surface area is 122 Å². The van der Waals surface area contributed by atoms with Crippen LogP contribution in [-0.4, -0.2) is 7.05 Å². The van der Waals surface area contributed by atoms with Crippen LogP contribution >= 0.6 is 15.9 Å². The lowest BCUT2D eigenvalue weighted by Crippen LogP contribution is -2.14. The Morgan fingerprint density at radius 1 is 1.11 bits per heavy atom. The fourth-order valence-electron chi connectivity index (χ4n) is 2.07. The Morgan fingerprint density at radius 3 is 2.42 bits per heavy atom. The fraction of sp³-hybridized carbons (Fsp3) is 0.250. The normalized spacial score (nSPS) is 12.2. The molecule has 0 aliphatic heterocycles. The fourth-order valence-corrected chi connectivity index (χ4v) is 2.45. The van der Waals surface area contributed by atoms with E-state index in [1.807, 2.05) is 43.4 Å². The summed E-state index contributed by atoms with van der Waals surface area (Å²) < 4.78 is 6.90. The number of hydrogen-bond acceptors (Lipinski definition) is 2. The van der Waals surface area contributed by atoms with Crippen molar-refractivity contribution in [2.45, 2.75) is 19.4 Å². The van der Waals surface area contributed by atoms with Crippen molar-refractivity contribution in [1.82, 2.24) is 5.32 Å². The van der Waals surface area contributed by atoms with Gasteiger partial charge in [0.15, 0.2) is 0 Å². The maximum Gasteiger partial charge on any atom is 0.128 e. The van der Waals surface area contributed by atoms with Crippen molar-refractivity contribution in [3.05, 3.63) is 58.6 Å². The second-order valence-corrected chi connectivity index (χ2v) is 5.30. The lowest BCUT2D eigenvalue weighted by Gasteiger charge is -2.15. The van der Waals surface area contributed by atoms with Gasteiger partial charge in [-0.25, -0.2) is 0 Å². The van der Waals surface area contributed by atoms with Gasteiger partial charge in [-0.05, 0) is 49.4 Å². The zero-order valence-electron chi connectivity index (χ0n) is 11.2. The molecule has 0 saturated carbocycles. The predicted octanol–water partition coefficient (Wildman–Crippen LogP) is 4.91. The van der Waals surface area contributed by atoms with Crippen LogP contribution in [0.1, 0.15) is 24.9 Å². The molecule has 1 N–H and O–H groups in total. The molecule has 1 unspecified atom stereocenters. The molecule has 0 saturated heterocycles. The van der Waals surface area contributed by atoms with E-state index in [-0.39, 0.29) is 0 Å². The average molecular weight is 320 g/mol. The Hall–Kier alpha value is -1.32. The van der Waals surface area contributed by atoms with E-state index in [9.17, 15) is 0 Å². The van der Waals surface area contributed by atoms with Crippen LogP contribution in [0, 0.1) is 0 Å². The highest BCUT2D eigenvalue weighted by Crippen LogP contribution is 2.27. The average Bonchev–Trinajstić information content (AvgIpc) is 2.41. The van der Waals surface area contributed by atoms with E-state index in [2.05, 4.69) is 40.3 Å². The lowest BCUT2D eigenvalue weighted by atomic mass is 10.0. The molecule has 0 spiro atoms. The van der Waals surface area contributed by atoms with Crippen LogP contribution in [0.25, 0.3) is 0 Å². The lowest BCUT2D eigenvalue weighted by molar-refractivity contribution is 0.479. The first-order valence-corrected chi connectivity index (χ1v) is 7.23. The van der Waals surface area contributed by atoms with Crippen molar-refractivity contribution in [2.24, 2.45) is 0 Å². The van der Waals surface area contributed by atoms with Crippen LogP contribution in [0.2, 0.25) is 0 Å². The number of benzene rings is 2. The molecule has 0 bridgehead atoms. The Morgan fingerprint density at radius 2 is 1.79 bits per heavy atom. The van der Waals surface area contributed by atoms with Crippen LogP contribution in [0.5, 0.6) is 11.5 Å². The van der Waals surface area contributed by atoms with Gasteiger partial charge in [0.05, 0.1) is 0 Å². The van der Waals surface area contributed by atoms with Crippen molar-refractivity contribution in [2.75, 3.05) is 7.05 Å². The molecule has 2 aromatic carbocycles. The van der Waals surface area contributed by atoms with Gasteiger partial charge in [-0.2, -0.15) is 0 Å². The molecule has 100 valence electrons. The summed E-state index contributed by atoms with van der Waals surface area (Å²) in [5.41, 5.74) is 1.25. The van der Waals surface area contributed by atoms with Crippen LogP contribution in [0.4, 0.5) is 0 Å². The molecule has 0 radical (unpaired) electrons. The van der Waals surface area contributed by atoms with Crippen molar-refractivity contribution in [1.29, 1.82) is 0 Å². The van der Waals surface area contributed by atoms with Gasteiger partial charge in [0.2, 0.25) is 0 Å². The standard InChI is InChI=1S/C16H18BrNO/c1-3-16(18-2)12-6-4-8-14(10-12)19-15-9-5-7-13(17)11-15/h4-11,16,18H,3H2,1-2H3. The molecule has 19 heavy (non-hydrogen) atoms. The van der Waals surface area contributed by atoms with Crippen LogP contribution in [0.3, 0.4) is 0 Å². The van der Waals surface area contributed by atoms with Crippen LogP contribution in [-0.2, 0) is 0 Å². The number of ether oxygens (including phenoxy) is 1. The topological polar surface area (TPSA) is 21.3 Å². The molecule has 0 heterocycles. The van der Waals surface area contributed by atoms with Gasteiger partial charge in [0.25, 0.3) is 0 Å². The summed E-state index contributed by atoms with van der Waals surface area (Å²) >= 11 is 3.45. The third kappa shape index (κ3) is 3.82. The van der Waals surface area contributed by atoms with Gasteiger partial charge in [-0.1, -0.05) is 41.1 Å². The van der Waals surface area contributed by atoms with Crippen LogP contribution in [0.15, 0.2) is 53.0 Å². The Balaban J connectivity index is 2.19. The molecule has 1 atom stereocenters. The first-order valence-electron chi connectivity index (χ1n) is 6.43. The third-order valence-corrected chi connectivity index (χ3v) is 3.54. The number of hydrogen-bond donors (Lipinski definition) is 1. The van der Waals surface area contributed by atoms with Crippen molar-refractivity contribution >= 4 is 15.9 Å². The van der Waals surface area contributed by atoms with Crippen molar-refractivity contribution < 1.29 is 4.74 Å². The second-order valence-electron chi connectivity index (χ2n) is 4.38. The van der Waals surface area contributed by atoms with E-state index in [0.29, 0.717) is 6.04 Å². The highest BCUT2D eigenvalue weighted by Gasteiger charge is 2.07. The van der Waals surface area contributed by atoms with Gasteiger partial charge in [-0.3, -0.25) is 0 Å². The smallest absolute Gasteiger partial charge is 0.128 e. The molecule has 0 amide bonds. The van der Waals surface area contributed by atoms with Crippen molar-refractivity contribution in [3.63, 3.8) is 0 Å². The van der Waals surface area contributed by atoms with E-state index in [4.69, 9.17) is 4.74 Å². The van der Waals surface area contributed by atoms with Gasteiger partial charge in [0.1, 0.15) is 11.5 Å². The van der Waals surface area contributed by atoms with Gasteiger partial charge < -0.3 is 10.1 Å². The highest BCUT2D eigenvalue weighted by molar-refractivity contribution is 9.10. The molecular weight excluding hydrogens is 302 g/mol. The van der Waals surface area contributed by atoms with Gasteiger partial charge in [-0.15, -0.1) is 0 Å². The molecule has 3 heteroatoms. The number of nitrogens with one attached hydrogen (secondary N) is 1. The molecule has 2 nitrogen and oxygen atoms in total. The van der Waals surface area contributed by atoms with E-state index in [1.165, 1.54) is 5.56 Å². The number of halogens is 1. The first-order chi connectivity index (χ1) is 9.22. The maximum atomic E-state index is 5.88. The first kappa shape index (κ1) is 14.1. The quantitative estimate of drug-likeness (QED) is 0.845. The van der Waals surface area contributed by atoms with E-state index in [1.54, 1.807) is 0 Å². The minimum Gasteiger partial charge on any atom is -0.457 e. The monoisotopic (exact) mass is 319 g/mol. The second kappa shape index (κ2) is 6.73. The summed E-state index contributed by atoms with van der Waals surface area (Å²) in [7, 11) is 1.98. The summed E-state index contributed by atoms with van der Waals surface area (Å²) in [6.45, 7) is 2.17. The predicted molar refractivity (Wildman–Crippen MR) is 82.7 cm³/mol. The maximum absolute atomic E-state index is 5.88. The molecular formula is C16H18BrNO. The third-order valence-electron chi connectivity index (χ3n) is 3.05. The molecule has 0 aromatic heterocycles. The zero-order chi connectivity index (χ0) is 13.7. The summed E-state index contributed by atoms with van der Waals surface area (Å²) in [4.78, 5) is 0. The molecule has 2 aromatic rings. The van der Waals surface area contributed by atoms with E-state index < -0.39 is 0 Å². The molecule has 0 aliphatic carbocycles. The van der Waals surface area contributed by atoms with Crippen molar-refractivity contribution in [3.8, 4) is 11.5 Å². The van der Waals surface area contributed by atoms with Gasteiger partial charge >= 0.3 is 0 Å². The minimum absolute atomic E-state index is 0.367. The zero-order valence-corrected chi connectivity index (χ0v) is 12.8. The summed E-state index contributed by atoms with van der Waals surface area (Å²) in [6.07, 6.45) is 1.05. The largest absolute Gasteiger partial charge is 0.457 e. The van der Waals surface area contributed by atoms with E-state index in [0.717, 1.165) is 22.4 Å². The molecule has 2 rings (SSSR count). The summed E-state index contributed by atoms with van der Waals surface area (Å²) in [5, 5.41) is 3.31. The van der Waals surface area contributed by atoms with Gasteiger partial charge in [0, 0.05) is 10.5 Å². The summed E-state index contributed by atoms with van der Waals surface area (Å²) in [5.74, 6) is 1.70. The van der Waals surface area contributed by atoms with E-state index >= 15 is 0 Å². The highest BCUT2D eigenvalue weighted by atomic mass is 79.9. The number of rotatable bonds is 5. The molecule has 0 fully saturated rings. The summed E-state index contributed by atoms with van der Waals surface area (Å²) in [6, 6.07) is 16.4. The molecule has 0 aliphatic rings. The SMILES string of the molecule is CCC(NC)c1cccc(Oc2cccc(Br)c2)c1. The Kier molecular flexibility index (Phi) is 5.00. The Bertz CT molecular complexity index is 538. The van der Waals surface area contributed by atoms with Crippen LogP contribution < -0.4 is 10.1 Å². The minimum atomic E-state index is 0.367.